The molecule has 17 heavy (non-hydrogen) atoms. The van der Waals surface area contributed by atoms with Gasteiger partial charge in [0, 0.05) is 20.2 Å². The Labute approximate surface area is 112 Å². The Morgan fingerprint density at radius 3 is 2.76 bits per heavy atom. The average Bonchev–Trinajstić information content (AvgIpc) is 2.56. The van der Waals surface area contributed by atoms with Gasteiger partial charge in [0.2, 0.25) is 0 Å². The highest BCUT2D eigenvalue weighted by Crippen LogP contribution is 2.21. The lowest BCUT2D eigenvalue weighted by molar-refractivity contribution is 0.260. The van der Waals surface area contributed by atoms with E-state index in [1.54, 1.807) is 0 Å². The Hall–Kier alpha value is -0.390. The molecular weight excluding hydrogens is 282 g/mol. The van der Waals surface area contributed by atoms with Crippen LogP contribution in [0.2, 0.25) is 0 Å². The van der Waals surface area contributed by atoms with Crippen LogP contribution >= 0.6 is 15.9 Å². The van der Waals surface area contributed by atoms with Crippen molar-refractivity contribution >= 4 is 15.9 Å². The van der Waals surface area contributed by atoms with Gasteiger partial charge in [0.25, 0.3) is 0 Å². The maximum atomic E-state index is 8.83. The van der Waals surface area contributed by atoms with Crippen molar-refractivity contribution < 1.29 is 5.11 Å². The van der Waals surface area contributed by atoms with E-state index in [0.29, 0.717) is 5.92 Å². The van der Waals surface area contributed by atoms with Gasteiger partial charge in [-0.1, -0.05) is 13.8 Å². The molecule has 1 aromatic heterocycles. The van der Waals surface area contributed by atoms with Crippen LogP contribution in [0.4, 0.5) is 0 Å². The van der Waals surface area contributed by atoms with Gasteiger partial charge in [-0.15, -0.1) is 0 Å². The fraction of sp³-hybridized carbons (Fsp3) is 0.750. The van der Waals surface area contributed by atoms with Crippen LogP contribution in [0.5, 0.6) is 0 Å². The van der Waals surface area contributed by atoms with Crippen molar-refractivity contribution in [2.24, 2.45) is 13.0 Å². The van der Waals surface area contributed by atoms with E-state index in [1.807, 2.05) is 11.7 Å². The smallest absolute Gasteiger partial charge is 0.0767 e. The first-order chi connectivity index (χ1) is 8.10. The number of aliphatic hydroxyl groups excluding tert-OH is 1. The predicted octanol–water partition coefficient (Wildman–Crippen LogP) is 1.85. The summed E-state index contributed by atoms with van der Waals surface area (Å²) in [6, 6.07) is 0. The zero-order valence-electron chi connectivity index (χ0n) is 10.8. The molecule has 2 N–H and O–H groups in total. The summed E-state index contributed by atoms with van der Waals surface area (Å²) in [5, 5.41) is 16.7. The van der Waals surface area contributed by atoms with E-state index in [4.69, 9.17) is 5.11 Å². The summed E-state index contributed by atoms with van der Waals surface area (Å²) in [6.45, 7) is 6.23. The van der Waals surface area contributed by atoms with Gasteiger partial charge in [0.05, 0.1) is 15.9 Å². The van der Waals surface area contributed by atoms with Crippen LogP contribution in [0.1, 0.15) is 31.7 Å². The minimum atomic E-state index is 0.262. The second-order valence-corrected chi connectivity index (χ2v) is 5.23. The van der Waals surface area contributed by atoms with E-state index < -0.39 is 0 Å². The summed E-state index contributed by atoms with van der Waals surface area (Å²) in [7, 11) is 1.97. The number of hydrogen-bond acceptors (Lipinski definition) is 3. The van der Waals surface area contributed by atoms with Gasteiger partial charge in [0.15, 0.2) is 0 Å². The number of halogens is 1. The standard InChI is InChI=1S/C12H22BrN3O/c1-4-10-12(13)11(16(3)15-10)8-14-7-9(2)5-6-17/h9,14,17H,4-8H2,1-3H3. The maximum absolute atomic E-state index is 8.83. The second-order valence-electron chi connectivity index (χ2n) is 4.43. The molecule has 0 aromatic carbocycles. The van der Waals surface area contributed by atoms with Crippen LogP contribution in [-0.2, 0) is 20.0 Å². The Kier molecular flexibility index (Phi) is 6.16. The molecule has 5 heteroatoms. The highest BCUT2D eigenvalue weighted by molar-refractivity contribution is 9.10. The number of aliphatic hydroxyl groups is 1. The lowest BCUT2D eigenvalue weighted by atomic mass is 10.1. The predicted molar refractivity (Wildman–Crippen MR) is 72.9 cm³/mol. The summed E-state index contributed by atoms with van der Waals surface area (Å²) in [6.07, 6.45) is 1.79. The van der Waals surface area contributed by atoms with E-state index in [9.17, 15) is 0 Å². The van der Waals surface area contributed by atoms with Crippen LogP contribution in [0.15, 0.2) is 4.47 Å². The molecule has 0 spiro atoms. The zero-order valence-corrected chi connectivity index (χ0v) is 12.4. The molecule has 0 fully saturated rings. The van der Waals surface area contributed by atoms with E-state index in [1.165, 1.54) is 5.69 Å². The molecule has 4 nitrogen and oxygen atoms in total. The summed E-state index contributed by atoms with van der Waals surface area (Å²) in [4.78, 5) is 0. The monoisotopic (exact) mass is 303 g/mol. The largest absolute Gasteiger partial charge is 0.396 e. The number of aromatic nitrogens is 2. The van der Waals surface area contributed by atoms with Gasteiger partial charge in [0.1, 0.15) is 0 Å². The van der Waals surface area contributed by atoms with Crippen LogP contribution in [0.3, 0.4) is 0 Å². The highest BCUT2D eigenvalue weighted by atomic mass is 79.9. The Balaban J connectivity index is 2.49. The van der Waals surface area contributed by atoms with Gasteiger partial charge in [-0.25, -0.2) is 0 Å². The zero-order chi connectivity index (χ0) is 12.8. The van der Waals surface area contributed by atoms with Crippen molar-refractivity contribution in [1.29, 1.82) is 0 Å². The van der Waals surface area contributed by atoms with Crippen molar-refractivity contribution in [3.8, 4) is 0 Å². The number of nitrogens with one attached hydrogen (secondary N) is 1. The molecule has 1 unspecified atom stereocenters. The molecule has 1 rings (SSSR count). The number of rotatable bonds is 7. The Bertz CT molecular complexity index is 352. The summed E-state index contributed by atoms with van der Waals surface area (Å²) >= 11 is 3.60. The third kappa shape index (κ3) is 4.08. The van der Waals surface area contributed by atoms with Crippen molar-refractivity contribution in [2.75, 3.05) is 13.2 Å². The van der Waals surface area contributed by atoms with Gasteiger partial charge in [-0.05, 0) is 41.2 Å². The van der Waals surface area contributed by atoms with Crippen LogP contribution in [0, 0.1) is 5.92 Å². The van der Waals surface area contributed by atoms with Crippen molar-refractivity contribution in [1.82, 2.24) is 15.1 Å². The third-order valence-corrected chi connectivity index (χ3v) is 3.83. The minimum absolute atomic E-state index is 0.262. The van der Waals surface area contributed by atoms with E-state index >= 15 is 0 Å². The molecule has 0 aliphatic rings. The fourth-order valence-electron chi connectivity index (χ4n) is 1.77. The molecule has 0 saturated carbocycles. The summed E-state index contributed by atoms with van der Waals surface area (Å²) in [5.74, 6) is 0.498. The summed E-state index contributed by atoms with van der Waals surface area (Å²) in [5.41, 5.74) is 2.28. The van der Waals surface area contributed by atoms with Gasteiger partial charge >= 0.3 is 0 Å². The number of nitrogens with zero attached hydrogens (tertiary/aromatic N) is 2. The summed E-state index contributed by atoms with van der Waals surface area (Å²) < 4.78 is 3.04. The van der Waals surface area contributed by atoms with E-state index in [2.05, 4.69) is 40.2 Å². The van der Waals surface area contributed by atoms with Gasteiger partial charge in [-0.3, -0.25) is 4.68 Å². The van der Waals surface area contributed by atoms with Crippen LogP contribution in [0.25, 0.3) is 0 Å². The van der Waals surface area contributed by atoms with Crippen LogP contribution in [-0.4, -0.2) is 28.0 Å². The molecular formula is C12H22BrN3O. The first kappa shape index (κ1) is 14.7. The molecule has 1 heterocycles. The van der Waals surface area contributed by atoms with Crippen LogP contribution < -0.4 is 5.32 Å². The third-order valence-electron chi connectivity index (χ3n) is 2.91. The molecule has 0 aliphatic carbocycles. The van der Waals surface area contributed by atoms with Crippen molar-refractivity contribution in [3.05, 3.63) is 15.9 Å². The first-order valence-electron chi connectivity index (χ1n) is 6.11. The van der Waals surface area contributed by atoms with Crippen molar-refractivity contribution in [2.45, 2.75) is 33.2 Å². The molecule has 0 bridgehead atoms. The Morgan fingerprint density at radius 1 is 1.53 bits per heavy atom. The van der Waals surface area contributed by atoms with Gasteiger partial charge < -0.3 is 10.4 Å². The SMILES string of the molecule is CCc1nn(C)c(CNCC(C)CCO)c1Br. The number of aryl methyl sites for hydroxylation is 2. The lowest BCUT2D eigenvalue weighted by Gasteiger charge is -2.11. The topological polar surface area (TPSA) is 50.1 Å². The average molecular weight is 304 g/mol. The molecule has 1 aromatic rings. The van der Waals surface area contributed by atoms with Crippen molar-refractivity contribution in [3.63, 3.8) is 0 Å². The molecule has 98 valence electrons. The quantitative estimate of drug-likeness (QED) is 0.808. The molecule has 0 amide bonds. The highest BCUT2D eigenvalue weighted by Gasteiger charge is 2.12. The minimum Gasteiger partial charge on any atom is -0.396 e. The normalized spacial score (nSPS) is 13.0. The fourth-order valence-corrected chi connectivity index (χ4v) is 2.53. The first-order valence-corrected chi connectivity index (χ1v) is 6.91. The second kappa shape index (κ2) is 7.13. The molecule has 1 atom stereocenters. The molecule has 0 saturated heterocycles. The number of hydrogen-bond donors (Lipinski definition) is 2. The lowest BCUT2D eigenvalue weighted by Crippen LogP contribution is -2.22. The molecule has 0 aliphatic heterocycles. The molecule has 0 radical (unpaired) electrons. The van der Waals surface area contributed by atoms with E-state index in [-0.39, 0.29) is 6.61 Å². The van der Waals surface area contributed by atoms with E-state index in [0.717, 1.165) is 36.1 Å². The maximum Gasteiger partial charge on any atom is 0.0767 e. The van der Waals surface area contributed by atoms with Gasteiger partial charge in [-0.2, -0.15) is 5.10 Å². The Morgan fingerprint density at radius 2 is 2.24 bits per heavy atom.